The Bertz CT molecular complexity index is 749. The number of fused-ring (bicyclic) bond motifs is 2. The van der Waals surface area contributed by atoms with Gasteiger partial charge in [0.2, 0.25) is 0 Å². The van der Waals surface area contributed by atoms with E-state index in [4.69, 9.17) is 11.6 Å². The van der Waals surface area contributed by atoms with Crippen molar-refractivity contribution in [3.8, 4) is 0 Å². The molecule has 2 heterocycles. The third-order valence-electron chi connectivity index (χ3n) is 4.44. The predicted octanol–water partition coefficient (Wildman–Crippen LogP) is 3.03. The fourth-order valence-electron chi connectivity index (χ4n) is 3.34. The van der Waals surface area contributed by atoms with Crippen LogP contribution in [-0.2, 0) is 13.0 Å². The molecule has 1 N–H and O–H groups in total. The van der Waals surface area contributed by atoms with Crippen molar-refractivity contribution in [3.63, 3.8) is 0 Å². The highest BCUT2D eigenvalue weighted by molar-refractivity contribution is 6.30. The van der Waals surface area contributed by atoms with Crippen molar-refractivity contribution in [1.82, 2.24) is 4.90 Å². The highest BCUT2D eigenvalue weighted by atomic mass is 35.5. The Labute approximate surface area is 133 Å². The minimum Gasteiger partial charge on any atom is -0.371 e. The van der Waals surface area contributed by atoms with Crippen LogP contribution in [0.3, 0.4) is 0 Å². The molecule has 2 aliphatic heterocycles. The monoisotopic (exact) mass is 314 g/mol. The zero-order valence-corrected chi connectivity index (χ0v) is 12.6. The largest absolute Gasteiger partial charge is 0.371 e. The zero-order chi connectivity index (χ0) is 15.3. The molecule has 1 fully saturated rings. The second-order valence-corrected chi connectivity index (χ2v) is 6.15. The summed E-state index contributed by atoms with van der Waals surface area (Å²) in [5.74, 6) is 0. The van der Waals surface area contributed by atoms with Crippen LogP contribution in [0.1, 0.15) is 11.1 Å². The van der Waals surface area contributed by atoms with Gasteiger partial charge in [0.05, 0.1) is 6.04 Å². The average Bonchev–Trinajstić information content (AvgIpc) is 2.76. The van der Waals surface area contributed by atoms with Crippen LogP contribution in [0.2, 0.25) is 5.02 Å². The van der Waals surface area contributed by atoms with Crippen molar-refractivity contribution in [2.24, 2.45) is 0 Å². The van der Waals surface area contributed by atoms with Crippen LogP contribution in [0.25, 0.3) is 0 Å². The summed E-state index contributed by atoms with van der Waals surface area (Å²) in [6.45, 7) is 0.536. The van der Waals surface area contributed by atoms with E-state index >= 15 is 0 Å². The normalized spacial score (nSPS) is 23.5. The fourth-order valence-corrected chi connectivity index (χ4v) is 3.52. The van der Waals surface area contributed by atoms with E-state index in [1.54, 1.807) is 29.2 Å². The van der Waals surface area contributed by atoms with E-state index in [1.807, 2.05) is 18.2 Å². The second-order valence-electron chi connectivity index (χ2n) is 5.71. The topological polar surface area (TPSA) is 43.8 Å². The number of rotatable bonds is 1. The van der Waals surface area contributed by atoms with E-state index in [0.717, 1.165) is 5.56 Å². The lowest BCUT2D eigenvalue weighted by Gasteiger charge is -2.30. The smallest absolute Gasteiger partial charge is 0.327 e. The Balaban J connectivity index is 1.71. The molecule has 2 aromatic rings. The molecule has 2 amide bonds. The summed E-state index contributed by atoms with van der Waals surface area (Å²) < 4.78 is 0. The molecule has 0 aromatic heterocycles. The Morgan fingerprint density at radius 3 is 2.64 bits per heavy atom. The van der Waals surface area contributed by atoms with Gasteiger partial charge in [0, 0.05) is 17.3 Å². The zero-order valence-electron chi connectivity index (χ0n) is 11.8. The van der Waals surface area contributed by atoms with Gasteiger partial charge in [-0.2, -0.15) is 0 Å². The lowest BCUT2D eigenvalue weighted by molar-refractivity contribution is 0.109. The molecule has 2 aliphatic rings. The van der Waals surface area contributed by atoms with E-state index in [0.29, 0.717) is 23.7 Å². The fraction of sp³-hybridized carbons (Fsp3) is 0.235. The molecule has 4 nitrogen and oxygen atoms in total. The lowest BCUT2D eigenvalue weighted by Crippen LogP contribution is -2.41. The number of anilines is 1. The number of urea groups is 1. The van der Waals surface area contributed by atoms with Gasteiger partial charge >= 0.3 is 6.03 Å². The first-order chi connectivity index (χ1) is 10.6. The predicted molar refractivity (Wildman–Crippen MR) is 84.8 cm³/mol. The number of aliphatic hydroxyl groups excluding tert-OH is 1. The quantitative estimate of drug-likeness (QED) is 0.879. The third kappa shape index (κ3) is 1.99. The van der Waals surface area contributed by atoms with Crippen molar-refractivity contribution in [2.75, 3.05) is 4.90 Å². The summed E-state index contributed by atoms with van der Waals surface area (Å²) in [5, 5.41) is 11.2. The van der Waals surface area contributed by atoms with E-state index in [-0.39, 0.29) is 12.1 Å². The van der Waals surface area contributed by atoms with Gasteiger partial charge in [-0.15, -0.1) is 0 Å². The molecule has 22 heavy (non-hydrogen) atoms. The van der Waals surface area contributed by atoms with Crippen molar-refractivity contribution in [3.05, 3.63) is 64.7 Å². The second kappa shape index (κ2) is 5.00. The molecule has 4 rings (SSSR count). The van der Waals surface area contributed by atoms with Crippen LogP contribution in [0.15, 0.2) is 48.5 Å². The maximum Gasteiger partial charge on any atom is 0.327 e. The standard InChI is InChI=1S/C17H15ClN2O2/c18-13-6-3-7-14(9-13)20-16(21)15-8-11-4-1-2-5-12(11)10-19(15)17(20)22/h1-7,9,15-16,21H,8,10H2. The van der Waals surface area contributed by atoms with E-state index in [1.165, 1.54) is 10.5 Å². The van der Waals surface area contributed by atoms with Crippen molar-refractivity contribution in [2.45, 2.75) is 25.2 Å². The van der Waals surface area contributed by atoms with Gasteiger partial charge < -0.3 is 10.0 Å². The van der Waals surface area contributed by atoms with Gasteiger partial charge in [-0.3, -0.25) is 4.90 Å². The number of aliphatic hydroxyl groups is 1. The molecule has 2 unspecified atom stereocenters. The number of nitrogens with zero attached hydrogens (tertiary/aromatic N) is 2. The molecule has 112 valence electrons. The number of amides is 2. The highest BCUT2D eigenvalue weighted by Crippen LogP contribution is 2.35. The number of carbonyl (C=O) groups excluding carboxylic acids is 1. The van der Waals surface area contributed by atoms with E-state index in [9.17, 15) is 9.90 Å². The van der Waals surface area contributed by atoms with E-state index < -0.39 is 6.23 Å². The molecule has 0 bridgehead atoms. The van der Waals surface area contributed by atoms with Crippen molar-refractivity contribution in [1.29, 1.82) is 0 Å². The minimum absolute atomic E-state index is 0.172. The Morgan fingerprint density at radius 2 is 1.86 bits per heavy atom. The number of hydrogen-bond acceptors (Lipinski definition) is 2. The first kappa shape index (κ1) is 13.6. The minimum atomic E-state index is -0.862. The Kier molecular flexibility index (Phi) is 3.10. The molecule has 1 saturated heterocycles. The molecule has 2 atom stereocenters. The summed E-state index contributed by atoms with van der Waals surface area (Å²) in [4.78, 5) is 15.9. The van der Waals surface area contributed by atoms with Crippen LogP contribution in [-0.4, -0.2) is 28.3 Å². The van der Waals surface area contributed by atoms with Crippen LogP contribution in [0, 0.1) is 0 Å². The maximum atomic E-state index is 12.7. The van der Waals surface area contributed by atoms with Gasteiger partial charge in [0.25, 0.3) is 0 Å². The molecule has 0 aliphatic carbocycles. The highest BCUT2D eigenvalue weighted by Gasteiger charge is 2.47. The molecule has 0 spiro atoms. The number of hydrogen-bond donors (Lipinski definition) is 1. The van der Waals surface area contributed by atoms with Crippen LogP contribution < -0.4 is 4.90 Å². The number of carbonyl (C=O) groups is 1. The van der Waals surface area contributed by atoms with Gasteiger partial charge in [-0.1, -0.05) is 41.9 Å². The molecule has 0 saturated carbocycles. The lowest BCUT2D eigenvalue weighted by atomic mass is 9.94. The molecule has 0 radical (unpaired) electrons. The van der Waals surface area contributed by atoms with Gasteiger partial charge in [-0.05, 0) is 35.7 Å². The summed E-state index contributed by atoms with van der Waals surface area (Å²) in [6.07, 6.45) is -0.195. The van der Waals surface area contributed by atoms with Crippen LogP contribution in [0.4, 0.5) is 10.5 Å². The molecule has 5 heteroatoms. The number of halogens is 1. The Hall–Kier alpha value is -2.04. The van der Waals surface area contributed by atoms with Crippen molar-refractivity contribution >= 4 is 23.3 Å². The number of benzene rings is 2. The SMILES string of the molecule is O=C1N2Cc3ccccc3CC2C(O)N1c1cccc(Cl)c1. The molecular weight excluding hydrogens is 300 g/mol. The van der Waals surface area contributed by atoms with Crippen molar-refractivity contribution < 1.29 is 9.90 Å². The first-order valence-corrected chi connectivity index (χ1v) is 7.63. The van der Waals surface area contributed by atoms with Gasteiger partial charge in [0.15, 0.2) is 6.23 Å². The van der Waals surface area contributed by atoms with Gasteiger partial charge in [0.1, 0.15) is 0 Å². The van der Waals surface area contributed by atoms with Crippen LogP contribution >= 0.6 is 11.6 Å². The Morgan fingerprint density at radius 1 is 1.09 bits per heavy atom. The molecular formula is C17H15ClN2O2. The molecule has 2 aromatic carbocycles. The summed E-state index contributed by atoms with van der Waals surface area (Å²) in [5.41, 5.74) is 2.97. The third-order valence-corrected chi connectivity index (χ3v) is 4.67. The van der Waals surface area contributed by atoms with E-state index in [2.05, 4.69) is 6.07 Å². The summed E-state index contributed by atoms with van der Waals surface area (Å²) in [6, 6.07) is 14.7. The maximum absolute atomic E-state index is 12.7. The average molecular weight is 315 g/mol. The van der Waals surface area contributed by atoms with Crippen LogP contribution in [0.5, 0.6) is 0 Å². The summed E-state index contributed by atoms with van der Waals surface area (Å²) >= 11 is 6.01. The van der Waals surface area contributed by atoms with Gasteiger partial charge in [-0.25, -0.2) is 4.79 Å². The summed E-state index contributed by atoms with van der Waals surface area (Å²) in [7, 11) is 0. The first-order valence-electron chi connectivity index (χ1n) is 7.25.